The van der Waals surface area contributed by atoms with Gasteiger partial charge in [-0.25, -0.2) is 4.79 Å². The van der Waals surface area contributed by atoms with Crippen molar-refractivity contribution in [3.8, 4) is 11.1 Å². The number of hydrogen-bond donors (Lipinski definition) is 1. The van der Waals surface area contributed by atoms with Crippen molar-refractivity contribution in [2.24, 2.45) is 0 Å². The van der Waals surface area contributed by atoms with E-state index in [2.05, 4.69) is 30.8 Å². The van der Waals surface area contributed by atoms with E-state index in [9.17, 15) is 4.79 Å². The van der Waals surface area contributed by atoms with Gasteiger partial charge in [0.1, 0.15) is 0 Å². The summed E-state index contributed by atoms with van der Waals surface area (Å²) in [7, 11) is 0. The molecule has 0 unspecified atom stereocenters. The molecule has 0 saturated carbocycles. The van der Waals surface area contributed by atoms with Crippen LogP contribution in [0.4, 0.5) is 0 Å². The highest BCUT2D eigenvalue weighted by atomic mass is 16.4. The van der Waals surface area contributed by atoms with Crippen molar-refractivity contribution >= 4 is 5.97 Å². The number of fused-ring (bicyclic) bond motifs is 1. The molecule has 0 atom stereocenters. The zero-order chi connectivity index (χ0) is 9.84. The minimum absolute atomic E-state index is 0.264. The fourth-order valence-electron chi connectivity index (χ4n) is 0.814. The number of carboxylic acid groups (broad SMARTS) is 1. The van der Waals surface area contributed by atoms with Gasteiger partial charge in [0.05, 0.1) is 0 Å². The third kappa shape index (κ3) is 2.18. The van der Waals surface area contributed by atoms with Crippen molar-refractivity contribution in [1.82, 2.24) is 0 Å². The summed E-state index contributed by atoms with van der Waals surface area (Å²) in [5.74, 6) is -0.900. The number of rotatable bonds is 2. The molecule has 0 saturated heterocycles. The second-order valence-corrected chi connectivity index (χ2v) is 2.84. The predicted octanol–water partition coefficient (Wildman–Crippen LogP) is 2.70. The summed E-state index contributed by atoms with van der Waals surface area (Å²) >= 11 is 0. The van der Waals surface area contributed by atoms with E-state index in [-0.39, 0.29) is 5.57 Å². The van der Waals surface area contributed by atoms with E-state index in [0.717, 1.165) is 0 Å². The number of hydrogen-bond acceptors (Lipinski definition) is 1. The van der Waals surface area contributed by atoms with Gasteiger partial charge < -0.3 is 5.11 Å². The molecule has 2 rings (SSSR count). The SMILES string of the molecule is C=C(CC)C(=O)O.c1cc2ccc1-2. The Balaban J connectivity index is 0.000000130. The quantitative estimate of drug-likeness (QED) is 0.714. The lowest BCUT2D eigenvalue weighted by atomic mass is 9.95. The van der Waals surface area contributed by atoms with E-state index in [0.29, 0.717) is 6.42 Å². The summed E-state index contributed by atoms with van der Waals surface area (Å²) in [5, 5.41) is 8.08. The smallest absolute Gasteiger partial charge is 0.330 e. The van der Waals surface area contributed by atoms with Gasteiger partial charge in [0, 0.05) is 5.57 Å². The Morgan fingerprint density at radius 1 is 1.31 bits per heavy atom. The molecule has 0 radical (unpaired) electrons. The molecular formula is C11H12O2. The summed E-state index contributed by atoms with van der Waals surface area (Å²) < 4.78 is 0. The van der Waals surface area contributed by atoms with Crippen molar-refractivity contribution in [3.05, 3.63) is 36.4 Å². The van der Waals surface area contributed by atoms with E-state index in [1.54, 1.807) is 6.92 Å². The fraction of sp³-hybridized carbons (Fsp3) is 0.182. The van der Waals surface area contributed by atoms with Gasteiger partial charge in [0.2, 0.25) is 0 Å². The number of carbonyl (C=O) groups is 1. The van der Waals surface area contributed by atoms with Crippen LogP contribution in [0.1, 0.15) is 13.3 Å². The molecule has 68 valence electrons. The number of carboxylic acids is 1. The molecule has 13 heavy (non-hydrogen) atoms. The van der Waals surface area contributed by atoms with Crippen LogP contribution >= 0.6 is 0 Å². The average Bonchev–Trinajstić information content (AvgIpc) is 2.10. The third-order valence-electron chi connectivity index (χ3n) is 1.95. The van der Waals surface area contributed by atoms with E-state index >= 15 is 0 Å². The first kappa shape index (κ1) is 9.52. The molecule has 0 amide bonds. The highest BCUT2D eigenvalue weighted by Gasteiger charge is 2.03. The van der Waals surface area contributed by atoms with Gasteiger partial charge >= 0.3 is 5.97 Å². The van der Waals surface area contributed by atoms with E-state index in [4.69, 9.17) is 5.11 Å². The average molecular weight is 176 g/mol. The van der Waals surface area contributed by atoms with Crippen molar-refractivity contribution in [3.63, 3.8) is 0 Å². The van der Waals surface area contributed by atoms with Gasteiger partial charge in [-0.05, 0) is 17.5 Å². The van der Waals surface area contributed by atoms with Gasteiger partial charge in [-0.15, -0.1) is 0 Å². The van der Waals surface area contributed by atoms with Gasteiger partial charge in [-0.2, -0.15) is 0 Å². The molecule has 2 heteroatoms. The lowest BCUT2D eigenvalue weighted by molar-refractivity contribution is -0.132. The van der Waals surface area contributed by atoms with Crippen LogP contribution in [0, 0.1) is 0 Å². The second kappa shape index (κ2) is 3.90. The first-order valence-electron chi connectivity index (χ1n) is 4.16. The summed E-state index contributed by atoms with van der Waals surface area (Å²) in [6.45, 7) is 5.03. The minimum atomic E-state index is -0.900. The Morgan fingerprint density at radius 3 is 1.69 bits per heavy atom. The second-order valence-electron chi connectivity index (χ2n) is 2.84. The molecule has 2 aliphatic rings. The molecule has 0 aromatic rings. The maximum atomic E-state index is 9.83. The van der Waals surface area contributed by atoms with Crippen LogP contribution in [0.25, 0.3) is 11.1 Å². The van der Waals surface area contributed by atoms with E-state index in [1.165, 1.54) is 11.1 Å². The summed E-state index contributed by atoms with van der Waals surface area (Å²) in [6, 6.07) is 8.48. The van der Waals surface area contributed by atoms with Crippen LogP contribution in [0.3, 0.4) is 0 Å². The normalized spacial score (nSPS) is 9.62. The van der Waals surface area contributed by atoms with Crippen molar-refractivity contribution in [1.29, 1.82) is 0 Å². The lowest BCUT2D eigenvalue weighted by Crippen LogP contribution is -1.95. The third-order valence-corrected chi connectivity index (χ3v) is 1.95. The highest BCUT2D eigenvalue weighted by Crippen LogP contribution is 2.29. The predicted molar refractivity (Wildman–Crippen MR) is 52.5 cm³/mol. The largest absolute Gasteiger partial charge is 0.478 e. The maximum Gasteiger partial charge on any atom is 0.330 e. The van der Waals surface area contributed by atoms with Crippen LogP contribution in [-0.2, 0) is 4.79 Å². The van der Waals surface area contributed by atoms with Gasteiger partial charge in [-0.1, -0.05) is 37.8 Å². The van der Waals surface area contributed by atoms with Crippen LogP contribution in [-0.4, -0.2) is 11.1 Å². The summed E-state index contributed by atoms with van der Waals surface area (Å²) in [6.07, 6.45) is 0.523. The fourth-order valence-corrected chi connectivity index (χ4v) is 0.814. The zero-order valence-electron chi connectivity index (χ0n) is 7.58. The molecule has 1 N–H and O–H groups in total. The Morgan fingerprint density at radius 2 is 1.69 bits per heavy atom. The molecule has 2 aliphatic carbocycles. The monoisotopic (exact) mass is 176 g/mol. The Kier molecular flexibility index (Phi) is 2.85. The number of benzene rings is 1. The Hall–Kier alpha value is -1.57. The van der Waals surface area contributed by atoms with Crippen molar-refractivity contribution in [2.75, 3.05) is 0 Å². The molecule has 0 bridgehead atoms. The zero-order valence-corrected chi connectivity index (χ0v) is 7.58. The molecule has 0 aromatic carbocycles. The van der Waals surface area contributed by atoms with Crippen LogP contribution in [0.2, 0.25) is 0 Å². The first-order valence-corrected chi connectivity index (χ1v) is 4.16. The first-order chi connectivity index (χ1) is 6.15. The van der Waals surface area contributed by atoms with Gasteiger partial charge in [0.15, 0.2) is 0 Å². The van der Waals surface area contributed by atoms with Crippen molar-refractivity contribution in [2.45, 2.75) is 13.3 Å². The molecule has 0 spiro atoms. The Labute approximate surface area is 77.5 Å². The standard InChI is InChI=1S/C6H4.C5H8O2/c1-2-6-4-3-5(1)6;1-3-4(2)5(6)7/h1-4H;2-3H2,1H3,(H,6,7). The van der Waals surface area contributed by atoms with Crippen LogP contribution in [0.5, 0.6) is 0 Å². The minimum Gasteiger partial charge on any atom is -0.478 e. The van der Waals surface area contributed by atoms with Crippen LogP contribution < -0.4 is 0 Å². The molecule has 2 nitrogen and oxygen atoms in total. The van der Waals surface area contributed by atoms with E-state index < -0.39 is 5.97 Å². The van der Waals surface area contributed by atoms with Crippen LogP contribution in [0.15, 0.2) is 36.4 Å². The molecule has 0 aromatic heterocycles. The van der Waals surface area contributed by atoms with Gasteiger partial charge in [0.25, 0.3) is 0 Å². The van der Waals surface area contributed by atoms with Crippen molar-refractivity contribution < 1.29 is 9.90 Å². The molecule has 0 fully saturated rings. The maximum absolute atomic E-state index is 9.83. The molecule has 0 aliphatic heterocycles. The highest BCUT2D eigenvalue weighted by molar-refractivity contribution is 5.85. The Bertz CT molecular complexity index is 301. The number of aliphatic carboxylic acids is 1. The molecule has 0 heterocycles. The summed E-state index contributed by atoms with van der Waals surface area (Å²) in [4.78, 5) is 9.83. The van der Waals surface area contributed by atoms with Gasteiger partial charge in [-0.3, -0.25) is 0 Å². The molecular weight excluding hydrogens is 164 g/mol. The lowest BCUT2D eigenvalue weighted by Gasteiger charge is -2.10. The topological polar surface area (TPSA) is 37.3 Å². The van der Waals surface area contributed by atoms with E-state index in [1.807, 2.05) is 0 Å². The summed E-state index contributed by atoms with van der Waals surface area (Å²) in [5.41, 5.74) is 3.12.